The number of carbonyl (C=O) groups is 1. The topological polar surface area (TPSA) is 55.1 Å². The zero-order chi connectivity index (χ0) is 15.9. The number of carboxylic acid groups (broad SMARTS) is 1. The van der Waals surface area contributed by atoms with Crippen molar-refractivity contribution < 1.29 is 14.3 Å². The van der Waals surface area contributed by atoms with E-state index in [1.165, 1.54) is 18.2 Å². The number of rotatable bonds is 2. The zero-order valence-corrected chi connectivity index (χ0v) is 13.1. The number of aromatic carboxylic acids is 1. The van der Waals surface area contributed by atoms with Crippen molar-refractivity contribution in [3.05, 3.63) is 45.4 Å². The fraction of sp³-hybridized carbons (Fsp3) is 0.286. The van der Waals surface area contributed by atoms with E-state index in [1.807, 2.05) is 0 Å². The Kier molecular flexibility index (Phi) is 4.00. The van der Waals surface area contributed by atoms with Gasteiger partial charge in [-0.15, -0.1) is 0 Å². The normalized spacial score (nSPS) is 11.7. The highest BCUT2D eigenvalue weighted by atomic mass is 35.5. The number of nitrogens with zero attached hydrogens (tertiary/aromatic N) is 2. The second-order valence-corrected chi connectivity index (χ2v) is 6.32. The van der Waals surface area contributed by atoms with Crippen molar-refractivity contribution >= 4 is 29.2 Å². The maximum absolute atomic E-state index is 14.0. The van der Waals surface area contributed by atoms with Crippen LogP contribution in [0.4, 0.5) is 4.39 Å². The van der Waals surface area contributed by atoms with Crippen LogP contribution in [-0.4, -0.2) is 20.9 Å². The Morgan fingerprint density at radius 3 is 2.38 bits per heavy atom. The molecule has 1 aromatic heterocycles. The van der Waals surface area contributed by atoms with Crippen molar-refractivity contribution in [1.82, 2.24) is 9.78 Å². The van der Waals surface area contributed by atoms with Crippen molar-refractivity contribution in [3.63, 3.8) is 0 Å². The molecule has 0 spiro atoms. The van der Waals surface area contributed by atoms with E-state index in [2.05, 4.69) is 5.10 Å². The summed E-state index contributed by atoms with van der Waals surface area (Å²) in [6, 6.07) is 4.13. The van der Waals surface area contributed by atoms with Crippen molar-refractivity contribution in [2.24, 2.45) is 0 Å². The van der Waals surface area contributed by atoms with Gasteiger partial charge in [-0.25, -0.2) is 13.9 Å². The molecule has 1 heterocycles. The molecule has 4 nitrogen and oxygen atoms in total. The van der Waals surface area contributed by atoms with Crippen LogP contribution in [0.25, 0.3) is 5.69 Å². The summed E-state index contributed by atoms with van der Waals surface area (Å²) in [6.07, 6.45) is 0. The molecule has 0 saturated carbocycles. The Morgan fingerprint density at radius 2 is 1.95 bits per heavy atom. The first-order valence-electron chi connectivity index (χ1n) is 6.11. The predicted octanol–water partition coefficient (Wildman–Crippen LogP) is 4.31. The van der Waals surface area contributed by atoms with E-state index in [-0.39, 0.29) is 27.1 Å². The molecule has 0 bridgehead atoms. The molecule has 1 aromatic carbocycles. The number of hydrogen-bond donors (Lipinski definition) is 1. The largest absolute Gasteiger partial charge is 0.478 e. The Balaban J connectivity index is 2.81. The predicted molar refractivity (Wildman–Crippen MR) is 79.2 cm³/mol. The molecule has 112 valence electrons. The van der Waals surface area contributed by atoms with E-state index in [4.69, 9.17) is 23.2 Å². The van der Waals surface area contributed by atoms with Crippen molar-refractivity contribution in [1.29, 1.82) is 0 Å². The summed E-state index contributed by atoms with van der Waals surface area (Å²) in [6.45, 7) is 5.39. The molecule has 0 aliphatic carbocycles. The first kappa shape index (κ1) is 15.8. The fourth-order valence-electron chi connectivity index (χ4n) is 1.95. The minimum Gasteiger partial charge on any atom is -0.478 e. The molecule has 0 atom stereocenters. The number of benzene rings is 1. The molecule has 2 rings (SSSR count). The van der Waals surface area contributed by atoms with Crippen LogP contribution in [0.5, 0.6) is 0 Å². The lowest BCUT2D eigenvalue weighted by molar-refractivity contribution is 0.0694. The molecular weight excluding hydrogens is 318 g/mol. The summed E-state index contributed by atoms with van der Waals surface area (Å²) < 4.78 is 15.0. The lowest BCUT2D eigenvalue weighted by atomic mass is 9.89. The fourth-order valence-corrected chi connectivity index (χ4v) is 2.49. The summed E-state index contributed by atoms with van der Waals surface area (Å²) in [5.41, 5.74) is -0.523. The van der Waals surface area contributed by atoms with E-state index in [1.54, 1.807) is 20.8 Å². The number of carboxylic acids is 1. The summed E-state index contributed by atoms with van der Waals surface area (Å²) in [7, 11) is 0. The highest BCUT2D eigenvalue weighted by Crippen LogP contribution is 2.34. The molecule has 0 radical (unpaired) electrons. The van der Waals surface area contributed by atoms with Crippen molar-refractivity contribution in [2.75, 3.05) is 0 Å². The average molecular weight is 331 g/mol. The zero-order valence-electron chi connectivity index (χ0n) is 11.6. The third-order valence-electron chi connectivity index (χ3n) is 2.90. The van der Waals surface area contributed by atoms with Crippen LogP contribution < -0.4 is 0 Å². The maximum atomic E-state index is 14.0. The van der Waals surface area contributed by atoms with Gasteiger partial charge in [-0.2, -0.15) is 5.10 Å². The van der Waals surface area contributed by atoms with E-state index < -0.39 is 17.2 Å². The molecule has 0 aliphatic rings. The lowest BCUT2D eigenvalue weighted by Gasteiger charge is -2.15. The number of para-hydroxylation sites is 1. The van der Waals surface area contributed by atoms with E-state index in [9.17, 15) is 14.3 Å². The summed E-state index contributed by atoms with van der Waals surface area (Å²) in [4.78, 5) is 11.4. The molecule has 1 N–H and O–H groups in total. The molecular formula is C14H13Cl2FN2O2. The summed E-state index contributed by atoms with van der Waals surface area (Å²) >= 11 is 12.1. The molecule has 7 heteroatoms. The van der Waals surface area contributed by atoms with E-state index in [0.29, 0.717) is 0 Å². The van der Waals surface area contributed by atoms with Gasteiger partial charge in [0.15, 0.2) is 0 Å². The quantitative estimate of drug-likeness (QED) is 0.892. The van der Waals surface area contributed by atoms with Crippen LogP contribution >= 0.6 is 23.2 Å². The highest BCUT2D eigenvalue weighted by molar-refractivity contribution is 6.34. The average Bonchev–Trinajstić information content (AvgIpc) is 2.67. The van der Waals surface area contributed by atoms with Gasteiger partial charge >= 0.3 is 5.97 Å². The third kappa shape index (κ3) is 2.76. The van der Waals surface area contributed by atoms with Gasteiger partial charge in [0, 0.05) is 5.41 Å². The molecule has 0 unspecified atom stereocenters. The molecule has 2 aromatic rings. The van der Waals surface area contributed by atoms with Crippen molar-refractivity contribution in [3.8, 4) is 5.69 Å². The molecule has 0 fully saturated rings. The SMILES string of the molecule is CC(C)(C)c1nn(-c2c(F)cccc2Cl)c(Cl)c1C(=O)O. The Morgan fingerprint density at radius 1 is 1.33 bits per heavy atom. The van der Waals surface area contributed by atoms with Crippen LogP contribution in [0.15, 0.2) is 18.2 Å². The molecule has 0 aliphatic heterocycles. The van der Waals surface area contributed by atoms with Gasteiger partial charge in [0.25, 0.3) is 0 Å². The van der Waals surface area contributed by atoms with E-state index in [0.717, 1.165) is 4.68 Å². The third-order valence-corrected chi connectivity index (χ3v) is 3.56. The first-order valence-corrected chi connectivity index (χ1v) is 6.87. The lowest BCUT2D eigenvalue weighted by Crippen LogP contribution is -2.16. The standard InChI is InChI=1S/C14H13Cl2FN2O2/c1-14(2,3)11-9(13(20)21)12(16)19(18-11)10-7(15)5-4-6-8(10)17/h4-6H,1-3H3,(H,20,21). The van der Waals surface area contributed by atoms with E-state index >= 15 is 0 Å². The Labute approximate surface area is 131 Å². The van der Waals surface area contributed by atoms with Crippen LogP contribution in [0.2, 0.25) is 10.2 Å². The van der Waals surface area contributed by atoms with Crippen LogP contribution in [0.3, 0.4) is 0 Å². The van der Waals surface area contributed by atoms with Gasteiger partial charge in [0.2, 0.25) is 0 Å². The van der Waals surface area contributed by atoms with Crippen LogP contribution in [0, 0.1) is 5.82 Å². The number of aromatic nitrogens is 2. The van der Waals surface area contributed by atoms with Crippen LogP contribution in [0.1, 0.15) is 36.8 Å². The van der Waals surface area contributed by atoms with Crippen LogP contribution in [-0.2, 0) is 5.41 Å². The van der Waals surface area contributed by atoms with Gasteiger partial charge in [-0.1, -0.05) is 50.0 Å². The summed E-state index contributed by atoms with van der Waals surface area (Å²) in [5, 5.41) is 13.4. The van der Waals surface area contributed by atoms with Gasteiger partial charge in [0.1, 0.15) is 22.2 Å². The number of halogens is 3. The maximum Gasteiger partial charge on any atom is 0.340 e. The van der Waals surface area contributed by atoms with Crippen molar-refractivity contribution in [2.45, 2.75) is 26.2 Å². The van der Waals surface area contributed by atoms with Gasteiger partial charge < -0.3 is 5.11 Å². The molecule has 0 saturated heterocycles. The summed E-state index contributed by atoms with van der Waals surface area (Å²) in [5.74, 6) is -1.85. The monoisotopic (exact) mass is 330 g/mol. The van der Waals surface area contributed by atoms with Gasteiger partial charge in [-0.3, -0.25) is 0 Å². The number of hydrogen-bond acceptors (Lipinski definition) is 2. The first-order chi connectivity index (χ1) is 9.64. The Hall–Kier alpha value is -1.59. The Bertz CT molecular complexity index is 700. The molecule has 0 amide bonds. The second kappa shape index (κ2) is 5.31. The second-order valence-electron chi connectivity index (χ2n) is 5.55. The minimum absolute atomic E-state index is 0.0674. The van der Waals surface area contributed by atoms with Gasteiger partial charge in [0.05, 0.1) is 10.7 Å². The smallest absolute Gasteiger partial charge is 0.340 e. The highest BCUT2D eigenvalue weighted by Gasteiger charge is 2.31. The molecule has 21 heavy (non-hydrogen) atoms. The minimum atomic E-state index is -1.22. The van der Waals surface area contributed by atoms with Gasteiger partial charge in [-0.05, 0) is 12.1 Å².